The number of hydrogen-bond acceptors (Lipinski definition) is 8. The van der Waals surface area contributed by atoms with Gasteiger partial charge in [0.2, 0.25) is 5.17 Å². The smallest absolute Gasteiger partial charge is 0.283 e. The number of amides is 1. The Morgan fingerprint density at radius 1 is 1.08 bits per heavy atom. The van der Waals surface area contributed by atoms with E-state index in [1.54, 1.807) is 25.3 Å². The molecule has 11 heteroatoms. The minimum atomic E-state index is -0.505. The third-order valence-corrected chi connectivity index (χ3v) is 6.43. The molecule has 9 nitrogen and oxygen atoms in total. The fraction of sp³-hybridized carbons (Fsp3) is 0.280. The van der Waals surface area contributed by atoms with E-state index in [2.05, 4.69) is 10.1 Å². The summed E-state index contributed by atoms with van der Waals surface area (Å²) in [6.45, 7) is 4.65. The van der Waals surface area contributed by atoms with E-state index in [0.717, 1.165) is 5.04 Å². The van der Waals surface area contributed by atoms with Crippen molar-refractivity contribution >= 4 is 51.4 Å². The summed E-state index contributed by atoms with van der Waals surface area (Å²) in [6.07, 6.45) is 2.25. The zero-order chi connectivity index (χ0) is 25.7. The number of thioether (sulfide) groups is 1. The lowest BCUT2D eigenvalue weighted by molar-refractivity contribution is -0.114. The monoisotopic (exact) mass is 528 g/mol. The SMILES string of the molecule is CCOc1cc(C=C2C(=N)N3N=C(CC)SC3=NC2=O)cc(Cl)c1OCCOc1ccccc1OC. The number of halogens is 1. The van der Waals surface area contributed by atoms with Crippen LogP contribution in [0.4, 0.5) is 0 Å². The number of amidine groups is 2. The number of hydrazone groups is 1. The number of carbonyl (C=O) groups is 1. The maximum atomic E-state index is 12.6. The number of nitrogens with one attached hydrogen (secondary N) is 1. The van der Waals surface area contributed by atoms with Crippen molar-refractivity contribution in [3.8, 4) is 23.0 Å². The molecule has 0 atom stereocenters. The number of benzene rings is 2. The molecule has 1 N–H and O–H groups in total. The van der Waals surface area contributed by atoms with Gasteiger partial charge in [-0.15, -0.1) is 0 Å². The number of rotatable bonds is 10. The van der Waals surface area contributed by atoms with Crippen molar-refractivity contribution in [2.45, 2.75) is 20.3 Å². The van der Waals surface area contributed by atoms with E-state index < -0.39 is 5.91 Å². The van der Waals surface area contributed by atoms with Crippen molar-refractivity contribution in [2.75, 3.05) is 26.9 Å². The van der Waals surface area contributed by atoms with E-state index in [-0.39, 0.29) is 24.6 Å². The number of fused-ring (bicyclic) bond motifs is 1. The lowest BCUT2D eigenvalue weighted by Gasteiger charge is -2.20. The normalized spacial score (nSPS) is 16.0. The number of para-hydroxylation sites is 2. The van der Waals surface area contributed by atoms with Crippen LogP contribution in [0.5, 0.6) is 23.0 Å². The zero-order valence-electron chi connectivity index (χ0n) is 20.0. The van der Waals surface area contributed by atoms with Crippen LogP contribution in [0.2, 0.25) is 5.02 Å². The van der Waals surface area contributed by atoms with Gasteiger partial charge in [0.05, 0.1) is 24.3 Å². The Labute approximate surface area is 218 Å². The minimum Gasteiger partial charge on any atom is -0.493 e. The van der Waals surface area contributed by atoms with Gasteiger partial charge in [-0.1, -0.05) is 30.7 Å². The van der Waals surface area contributed by atoms with Gasteiger partial charge < -0.3 is 18.9 Å². The van der Waals surface area contributed by atoms with Gasteiger partial charge in [0.15, 0.2) is 28.8 Å². The molecule has 188 valence electrons. The van der Waals surface area contributed by atoms with Gasteiger partial charge in [0.25, 0.3) is 5.91 Å². The first kappa shape index (κ1) is 25.6. The van der Waals surface area contributed by atoms with Crippen molar-refractivity contribution in [3.05, 3.63) is 52.6 Å². The summed E-state index contributed by atoms with van der Waals surface area (Å²) in [5, 5.41) is 15.7. The second-order valence-electron chi connectivity index (χ2n) is 7.48. The molecule has 0 radical (unpaired) electrons. The van der Waals surface area contributed by atoms with Gasteiger partial charge in [-0.05, 0) is 61.0 Å². The molecule has 2 aromatic carbocycles. The molecule has 36 heavy (non-hydrogen) atoms. The van der Waals surface area contributed by atoms with E-state index in [1.165, 1.54) is 16.8 Å². The van der Waals surface area contributed by atoms with E-state index in [1.807, 2.05) is 38.1 Å². The molecule has 2 heterocycles. The van der Waals surface area contributed by atoms with Gasteiger partial charge in [0, 0.05) is 0 Å². The topological polar surface area (TPSA) is 106 Å². The van der Waals surface area contributed by atoms with Crippen LogP contribution in [0.1, 0.15) is 25.8 Å². The molecule has 2 aliphatic heterocycles. The van der Waals surface area contributed by atoms with Crippen LogP contribution in [0.25, 0.3) is 6.08 Å². The molecule has 0 aromatic heterocycles. The Hall–Kier alpha value is -3.50. The zero-order valence-corrected chi connectivity index (χ0v) is 21.6. The summed E-state index contributed by atoms with van der Waals surface area (Å²) in [5.41, 5.74) is 0.678. The van der Waals surface area contributed by atoms with E-state index >= 15 is 0 Å². The summed E-state index contributed by atoms with van der Waals surface area (Å²) in [5.74, 6) is 1.47. The quantitative estimate of drug-likeness (QED) is 0.332. The Morgan fingerprint density at radius 2 is 1.83 bits per heavy atom. The van der Waals surface area contributed by atoms with Gasteiger partial charge in [-0.3, -0.25) is 10.2 Å². The van der Waals surface area contributed by atoms with Gasteiger partial charge >= 0.3 is 0 Å². The first-order chi connectivity index (χ1) is 17.4. The molecule has 0 aliphatic carbocycles. The maximum Gasteiger partial charge on any atom is 0.283 e. The van der Waals surface area contributed by atoms with Crippen molar-refractivity contribution in [1.82, 2.24) is 5.01 Å². The summed E-state index contributed by atoms with van der Waals surface area (Å²) in [7, 11) is 1.58. The first-order valence-electron chi connectivity index (χ1n) is 11.3. The predicted octanol–water partition coefficient (Wildman–Crippen LogP) is 5.23. The Kier molecular flexibility index (Phi) is 8.17. The largest absolute Gasteiger partial charge is 0.493 e. The minimum absolute atomic E-state index is 0.0381. The molecule has 0 unspecified atom stereocenters. The molecule has 0 spiro atoms. The third-order valence-electron chi connectivity index (χ3n) is 5.10. The number of ether oxygens (including phenoxy) is 4. The third kappa shape index (κ3) is 5.50. The average molecular weight is 529 g/mol. The predicted molar refractivity (Wildman–Crippen MR) is 142 cm³/mol. The summed E-state index contributed by atoms with van der Waals surface area (Å²) in [4.78, 5) is 16.7. The lowest BCUT2D eigenvalue weighted by atomic mass is 10.1. The Morgan fingerprint density at radius 3 is 2.56 bits per heavy atom. The summed E-state index contributed by atoms with van der Waals surface area (Å²) < 4.78 is 22.7. The molecule has 4 rings (SSSR count). The molecule has 0 saturated carbocycles. The standard InChI is InChI=1S/C25H25ClN4O5S/c1-4-21-29-30-23(27)16(24(31)28-25(30)36-21)12-15-13-17(26)22(20(14-15)33-5-2)35-11-10-34-19-9-7-6-8-18(19)32-3/h6-9,12-14,27H,4-5,10-11H2,1-3H3. The number of aliphatic imine (C=N–C) groups is 1. The highest BCUT2D eigenvalue weighted by Crippen LogP contribution is 2.38. The fourth-order valence-corrected chi connectivity index (χ4v) is 4.55. The van der Waals surface area contributed by atoms with Crippen LogP contribution in [0, 0.1) is 5.41 Å². The van der Waals surface area contributed by atoms with E-state index in [0.29, 0.717) is 51.8 Å². The highest BCUT2D eigenvalue weighted by atomic mass is 35.5. The second-order valence-corrected chi connectivity index (χ2v) is 8.93. The number of hydrogen-bond donors (Lipinski definition) is 1. The van der Waals surface area contributed by atoms with Crippen molar-refractivity contribution in [1.29, 1.82) is 5.41 Å². The molecule has 1 amide bonds. The van der Waals surface area contributed by atoms with Crippen LogP contribution in [0.15, 0.2) is 52.1 Å². The number of methoxy groups -OCH3 is 1. The Balaban J connectivity index is 1.51. The highest BCUT2D eigenvalue weighted by Gasteiger charge is 2.35. The summed E-state index contributed by atoms with van der Waals surface area (Å²) in [6, 6.07) is 10.7. The first-order valence-corrected chi connectivity index (χ1v) is 12.5. The number of carbonyl (C=O) groups excluding carboxylic acids is 1. The lowest BCUT2D eigenvalue weighted by Crippen LogP contribution is -2.35. The van der Waals surface area contributed by atoms with E-state index in [4.69, 9.17) is 36.0 Å². The van der Waals surface area contributed by atoms with Crippen LogP contribution >= 0.6 is 23.4 Å². The highest BCUT2D eigenvalue weighted by molar-refractivity contribution is 8.26. The second kappa shape index (κ2) is 11.5. The van der Waals surface area contributed by atoms with Crippen LogP contribution in [0.3, 0.4) is 0 Å². The van der Waals surface area contributed by atoms with Crippen LogP contribution < -0.4 is 18.9 Å². The van der Waals surface area contributed by atoms with Gasteiger partial charge in [-0.25, -0.2) is 0 Å². The average Bonchev–Trinajstić information content (AvgIpc) is 3.29. The summed E-state index contributed by atoms with van der Waals surface area (Å²) >= 11 is 7.83. The van der Waals surface area contributed by atoms with Gasteiger partial charge in [0.1, 0.15) is 18.3 Å². The van der Waals surface area contributed by atoms with Crippen LogP contribution in [-0.2, 0) is 4.79 Å². The van der Waals surface area contributed by atoms with Crippen molar-refractivity contribution < 1.29 is 23.7 Å². The Bertz CT molecular complexity index is 1280. The maximum absolute atomic E-state index is 12.6. The van der Waals surface area contributed by atoms with Crippen molar-refractivity contribution in [3.63, 3.8) is 0 Å². The number of nitrogens with zero attached hydrogens (tertiary/aromatic N) is 3. The molecule has 0 bridgehead atoms. The van der Waals surface area contributed by atoms with Gasteiger partial charge in [-0.2, -0.15) is 15.1 Å². The molecular formula is C25H25ClN4O5S. The van der Waals surface area contributed by atoms with E-state index in [9.17, 15) is 4.79 Å². The van der Waals surface area contributed by atoms with Crippen LogP contribution in [-0.4, -0.2) is 53.9 Å². The molecular weight excluding hydrogens is 504 g/mol. The molecule has 2 aromatic rings. The molecule has 2 aliphatic rings. The fourth-order valence-electron chi connectivity index (χ4n) is 3.45. The molecule has 0 saturated heterocycles. The molecule has 0 fully saturated rings. The van der Waals surface area contributed by atoms with Crippen molar-refractivity contribution in [2.24, 2.45) is 10.1 Å².